The molecule has 2 heterocycles. The minimum absolute atomic E-state index is 0.704. The van der Waals surface area contributed by atoms with E-state index in [0.29, 0.717) is 5.92 Å². The Bertz CT molecular complexity index is 555. The first kappa shape index (κ1) is 8.61. The molecule has 3 aliphatic carbocycles. The van der Waals surface area contributed by atoms with Crippen LogP contribution >= 0.6 is 0 Å². The summed E-state index contributed by atoms with van der Waals surface area (Å²) < 4.78 is 0. The second-order valence-electron chi connectivity index (χ2n) is 5.90. The molecule has 0 spiro atoms. The van der Waals surface area contributed by atoms with Crippen LogP contribution in [0.15, 0.2) is 12.5 Å². The number of nitrogens with one attached hydrogen (secondary N) is 1. The summed E-state index contributed by atoms with van der Waals surface area (Å²) in [6, 6.07) is 0. The lowest BCUT2D eigenvalue weighted by molar-refractivity contribution is 0.456. The Morgan fingerprint density at radius 3 is 2.76 bits per heavy atom. The number of aromatic amines is 1. The van der Waals surface area contributed by atoms with Crippen molar-refractivity contribution >= 4 is 11.2 Å². The van der Waals surface area contributed by atoms with Crippen LogP contribution in [0.1, 0.15) is 31.0 Å². The third kappa shape index (κ3) is 0.972. The second kappa shape index (κ2) is 2.68. The predicted molar refractivity (Wildman–Crippen MR) is 62.2 cm³/mol. The van der Waals surface area contributed by atoms with Crippen LogP contribution in [0.5, 0.6) is 0 Å². The van der Waals surface area contributed by atoms with Crippen molar-refractivity contribution in [3.05, 3.63) is 18.3 Å². The third-order valence-corrected chi connectivity index (χ3v) is 5.23. The first-order valence-electron chi connectivity index (χ1n) is 6.57. The lowest BCUT2D eigenvalue weighted by atomic mass is 10.0. The van der Waals surface area contributed by atoms with Crippen molar-refractivity contribution in [3.8, 4) is 0 Å². The molecule has 3 fully saturated rings. The molecule has 0 saturated heterocycles. The van der Waals surface area contributed by atoms with Crippen molar-refractivity contribution < 1.29 is 0 Å². The minimum Gasteiger partial charge on any atom is -0.339 e. The number of imidazole rings is 1. The van der Waals surface area contributed by atoms with E-state index in [9.17, 15) is 0 Å². The molecule has 4 heteroatoms. The van der Waals surface area contributed by atoms with E-state index in [1.54, 1.807) is 6.33 Å². The van der Waals surface area contributed by atoms with E-state index in [1.165, 1.54) is 25.1 Å². The number of nitrogens with zero attached hydrogens (tertiary/aromatic N) is 3. The highest BCUT2D eigenvalue weighted by Crippen LogP contribution is 2.72. The summed E-state index contributed by atoms with van der Waals surface area (Å²) in [6.45, 7) is 0. The summed E-state index contributed by atoms with van der Waals surface area (Å²) in [5.41, 5.74) is 1.81. The van der Waals surface area contributed by atoms with E-state index in [2.05, 4.69) is 19.9 Å². The first-order valence-corrected chi connectivity index (χ1v) is 6.57. The van der Waals surface area contributed by atoms with Gasteiger partial charge in [0.1, 0.15) is 17.7 Å². The average molecular weight is 226 g/mol. The highest BCUT2D eigenvalue weighted by atomic mass is 15.0. The Balaban J connectivity index is 1.57. The fourth-order valence-electron chi connectivity index (χ4n) is 4.63. The highest BCUT2D eigenvalue weighted by Gasteiger charge is 2.66. The van der Waals surface area contributed by atoms with E-state index in [0.717, 1.165) is 34.8 Å². The van der Waals surface area contributed by atoms with Crippen LogP contribution in [-0.2, 0) is 0 Å². The van der Waals surface area contributed by atoms with Crippen LogP contribution in [0.2, 0.25) is 0 Å². The molecule has 2 aromatic heterocycles. The van der Waals surface area contributed by atoms with E-state index in [-0.39, 0.29) is 0 Å². The van der Waals surface area contributed by atoms with Crippen molar-refractivity contribution in [2.45, 2.75) is 25.2 Å². The Kier molecular flexibility index (Phi) is 1.36. The molecule has 4 unspecified atom stereocenters. The monoisotopic (exact) mass is 226 g/mol. The fourth-order valence-corrected chi connectivity index (χ4v) is 4.63. The van der Waals surface area contributed by atoms with Gasteiger partial charge in [0, 0.05) is 5.92 Å². The first-order chi connectivity index (χ1) is 8.42. The van der Waals surface area contributed by atoms with Gasteiger partial charge in [-0.05, 0) is 42.9 Å². The Morgan fingerprint density at radius 2 is 2.00 bits per heavy atom. The van der Waals surface area contributed by atoms with Gasteiger partial charge in [-0.1, -0.05) is 0 Å². The molecule has 4 nitrogen and oxygen atoms in total. The normalized spacial score (nSPS) is 42.0. The third-order valence-electron chi connectivity index (χ3n) is 5.23. The second-order valence-corrected chi connectivity index (χ2v) is 5.90. The van der Waals surface area contributed by atoms with Gasteiger partial charge in [0.25, 0.3) is 0 Å². The Labute approximate surface area is 98.9 Å². The van der Waals surface area contributed by atoms with Crippen molar-refractivity contribution in [2.24, 2.45) is 23.7 Å². The molecule has 5 rings (SSSR count). The van der Waals surface area contributed by atoms with E-state index in [4.69, 9.17) is 0 Å². The van der Waals surface area contributed by atoms with Crippen molar-refractivity contribution in [1.29, 1.82) is 0 Å². The van der Waals surface area contributed by atoms with Crippen LogP contribution in [0.3, 0.4) is 0 Å². The van der Waals surface area contributed by atoms with Gasteiger partial charge in [-0.3, -0.25) is 0 Å². The summed E-state index contributed by atoms with van der Waals surface area (Å²) in [6.07, 6.45) is 7.81. The highest BCUT2D eigenvalue weighted by molar-refractivity contribution is 5.69. The Morgan fingerprint density at radius 1 is 1.18 bits per heavy atom. The summed E-state index contributed by atoms with van der Waals surface area (Å²) in [5.74, 6) is 5.73. The number of hydrogen-bond donors (Lipinski definition) is 1. The molecule has 3 saturated carbocycles. The predicted octanol–water partition coefficient (Wildman–Crippen LogP) is 2.11. The molecule has 0 aromatic carbocycles. The van der Waals surface area contributed by atoms with Crippen LogP contribution in [0.4, 0.5) is 0 Å². The van der Waals surface area contributed by atoms with Gasteiger partial charge in [0.2, 0.25) is 0 Å². The molecule has 0 amide bonds. The molecule has 2 bridgehead atoms. The van der Waals surface area contributed by atoms with Gasteiger partial charge in [0.05, 0.1) is 6.20 Å². The standard InChI is InChI=1S/C13H14N4/c1-2-7-3-6(1)9-10(7)11(9)13-16-8-4-14-5-15-12(8)17-13/h4-7,9-11H,1-3H2,(H,14,15,16,17). The summed E-state index contributed by atoms with van der Waals surface area (Å²) in [4.78, 5) is 16.3. The van der Waals surface area contributed by atoms with Crippen molar-refractivity contribution in [1.82, 2.24) is 19.9 Å². The molecule has 0 aliphatic heterocycles. The summed E-state index contributed by atoms with van der Waals surface area (Å²) >= 11 is 0. The maximum atomic E-state index is 4.65. The summed E-state index contributed by atoms with van der Waals surface area (Å²) in [5, 5.41) is 0. The van der Waals surface area contributed by atoms with Crippen LogP contribution in [-0.4, -0.2) is 19.9 Å². The number of aromatic nitrogens is 4. The SMILES string of the molecule is c1ncc2[nH]c(C3C4C5CCC(C5)C34)nc2n1. The number of H-pyrrole nitrogens is 1. The molecule has 3 aliphatic rings. The maximum absolute atomic E-state index is 4.65. The largest absolute Gasteiger partial charge is 0.339 e. The molecule has 0 radical (unpaired) electrons. The number of hydrogen-bond acceptors (Lipinski definition) is 3. The molecule has 1 N–H and O–H groups in total. The molecule has 4 atom stereocenters. The zero-order valence-electron chi connectivity index (χ0n) is 9.50. The molecule has 17 heavy (non-hydrogen) atoms. The van der Waals surface area contributed by atoms with E-state index in [1.807, 2.05) is 6.20 Å². The quantitative estimate of drug-likeness (QED) is 0.810. The van der Waals surface area contributed by atoms with Gasteiger partial charge < -0.3 is 4.98 Å². The van der Waals surface area contributed by atoms with Crippen molar-refractivity contribution in [3.63, 3.8) is 0 Å². The van der Waals surface area contributed by atoms with Crippen LogP contribution in [0.25, 0.3) is 11.2 Å². The zero-order valence-corrected chi connectivity index (χ0v) is 9.50. The topological polar surface area (TPSA) is 54.5 Å². The average Bonchev–Trinajstić information content (AvgIpc) is 2.74. The number of rotatable bonds is 1. The van der Waals surface area contributed by atoms with E-state index >= 15 is 0 Å². The molecular formula is C13H14N4. The molecular weight excluding hydrogens is 212 g/mol. The minimum atomic E-state index is 0.704. The van der Waals surface area contributed by atoms with Gasteiger partial charge in [-0.15, -0.1) is 0 Å². The van der Waals surface area contributed by atoms with E-state index < -0.39 is 0 Å². The zero-order chi connectivity index (χ0) is 11.0. The lowest BCUT2D eigenvalue weighted by Gasteiger charge is -2.05. The summed E-state index contributed by atoms with van der Waals surface area (Å²) in [7, 11) is 0. The van der Waals surface area contributed by atoms with Crippen LogP contribution in [0, 0.1) is 23.7 Å². The van der Waals surface area contributed by atoms with Gasteiger partial charge in [0.15, 0.2) is 5.65 Å². The van der Waals surface area contributed by atoms with Gasteiger partial charge >= 0.3 is 0 Å². The van der Waals surface area contributed by atoms with Gasteiger partial charge in [-0.25, -0.2) is 15.0 Å². The lowest BCUT2D eigenvalue weighted by Crippen LogP contribution is -1.98. The molecule has 2 aromatic rings. The van der Waals surface area contributed by atoms with Gasteiger partial charge in [-0.2, -0.15) is 0 Å². The smallest absolute Gasteiger partial charge is 0.180 e. The maximum Gasteiger partial charge on any atom is 0.180 e. The fraction of sp³-hybridized carbons (Fsp3) is 0.615. The number of fused-ring (bicyclic) bond motifs is 6. The van der Waals surface area contributed by atoms with Crippen molar-refractivity contribution in [2.75, 3.05) is 0 Å². The molecule has 86 valence electrons. The Hall–Kier alpha value is -1.45. The van der Waals surface area contributed by atoms with Crippen LogP contribution < -0.4 is 0 Å².